The summed E-state index contributed by atoms with van der Waals surface area (Å²) in [4.78, 5) is 14.2. The molecule has 3 nitrogen and oxygen atoms in total. The number of rotatable bonds is 2. The van der Waals surface area contributed by atoms with Gasteiger partial charge in [0, 0.05) is 24.8 Å². The van der Waals surface area contributed by atoms with Crippen LogP contribution in [0.2, 0.25) is 0 Å². The Morgan fingerprint density at radius 3 is 3.14 bits per heavy atom. The topological polar surface area (TPSA) is 37.6 Å². The fourth-order valence-corrected chi connectivity index (χ4v) is 2.33. The first-order valence-corrected chi connectivity index (χ1v) is 4.95. The Labute approximate surface area is 85.9 Å². The monoisotopic (exact) mass is 203 g/mol. The van der Waals surface area contributed by atoms with E-state index in [2.05, 4.69) is 21.7 Å². The van der Waals surface area contributed by atoms with Crippen LogP contribution in [0.25, 0.3) is 10.2 Å². The van der Waals surface area contributed by atoms with E-state index in [9.17, 15) is 0 Å². The Morgan fingerprint density at radius 1 is 1.57 bits per heavy atom. The van der Waals surface area contributed by atoms with Crippen molar-refractivity contribution in [2.24, 2.45) is 9.98 Å². The van der Waals surface area contributed by atoms with Crippen molar-refractivity contribution >= 4 is 40.2 Å². The zero-order valence-electron chi connectivity index (χ0n) is 7.77. The molecular weight excluding hydrogens is 194 g/mol. The number of thiophene rings is 1. The van der Waals surface area contributed by atoms with Gasteiger partial charge in [-0.1, -0.05) is 0 Å². The van der Waals surface area contributed by atoms with Crippen LogP contribution in [0.5, 0.6) is 0 Å². The lowest BCUT2D eigenvalue weighted by molar-refractivity contribution is 1.44. The van der Waals surface area contributed by atoms with E-state index in [-0.39, 0.29) is 0 Å². The quantitative estimate of drug-likeness (QED) is 0.691. The normalized spacial score (nSPS) is 11.2. The fraction of sp³-hybridized carbons (Fsp3) is 0.100. The summed E-state index contributed by atoms with van der Waals surface area (Å²) in [5.41, 5.74) is 0.878. The summed E-state index contributed by atoms with van der Waals surface area (Å²) in [7, 11) is 1.74. The Kier molecular flexibility index (Phi) is 2.37. The molecule has 0 aliphatic rings. The first-order chi connectivity index (χ1) is 6.86. The number of nitrogens with zero attached hydrogens (tertiary/aromatic N) is 3. The van der Waals surface area contributed by atoms with Crippen LogP contribution in [0.3, 0.4) is 0 Å². The van der Waals surface area contributed by atoms with E-state index in [4.69, 9.17) is 0 Å². The molecule has 0 amide bonds. The predicted molar refractivity (Wildman–Crippen MR) is 62.3 cm³/mol. The van der Waals surface area contributed by atoms with Crippen LogP contribution in [0.15, 0.2) is 28.3 Å². The summed E-state index contributed by atoms with van der Waals surface area (Å²) in [6.07, 6.45) is 3.56. The third-order valence-corrected chi connectivity index (χ3v) is 2.91. The van der Waals surface area contributed by atoms with Crippen molar-refractivity contribution in [1.82, 2.24) is 4.98 Å². The summed E-state index contributed by atoms with van der Waals surface area (Å²) >= 11 is 1.58. The van der Waals surface area contributed by atoms with Gasteiger partial charge < -0.3 is 0 Å². The van der Waals surface area contributed by atoms with Crippen LogP contribution in [0.1, 0.15) is 4.88 Å². The maximum Gasteiger partial charge on any atom is 0.126 e. The lowest BCUT2D eigenvalue weighted by Crippen LogP contribution is -1.72. The molecule has 0 bridgehead atoms. The van der Waals surface area contributed by atoms with Crippen molar-refractivity contribution in [3.63, 3.8) is 0 Å². The van der Waals surface area contributed by atoms with E-state index in [1.54, 1.807) is 30.8 Å². The molecule has 0 fully saturated rings. The SMILES string of the molecule is C=Nc1c(/C=N\C)sc2ncccc12. The molecule has 4 heteroatoms. The van der Waals surface area contributed by atoms with E-state index in [1.165, 1.54) is 0 Å². The van der Waals surface area contributed by atoms with Gasteiger partial charge >= 0.3 is 0 Å². The Hall–Kier alpha value is -1.55. The van der Waals surface area contributed by atoms with Crippen molar-refractivity contribution in [2.75, 3.05) is 7.05 Å². The maximum atomic E-state index is 4.26. The summed E-state index contributed by atoms with van der Waals surface area (Å²) in [6, 6.07) is 3.90. The smallest absolute Gasteiger partial charge is 0.126 e. The van der Waals surface area contributed by atoms with Crippen molar-refractivity contribution in [3.8, 4) is 0 Å². The van der Waals surface area contributed by atoms with Crippen LogP contribution < -0.4 is 0 Å². The molecule has 0 aliphatic carbocycles. The summed E-state index contributed by atoms with van der Waals surface area (Å²) in [5.74, 6) is 0. The highest BCUT2D eigenvalue weighted by molar-refractivity contribution is 7.20. The lowest BCUT2D eigenvalue weighted by atomic mass is 10.3. The fourth-order valence-electron chi connectivity index (χ4n) is 1.31. The van der Waals surface area contributed by atoms with E-state index in [0.717, 1.165) is 20.8 Å². The van der Waals surface area contributed by atoms with Crippen LogP contribution >= 0.6 is 11.3 Å². The first-order valence-electron chi connectivity index (χ1n) is 4.13. The minimum Gasteiger partial charge on any atom is -0.295 e. The Morgan fingerprint density at radius 2 is 2.43 bits per heavy atom. The predicted octanol–water partition coefficient (Wildman–Crippen LogP) is 2.68. The Bertz CT molecular complexity index is 499. The number of aliphatic imine (C=N–C) groups is 2. The van der Waals surface area contributed by atoms with Crippen LogP contribution in [0.4, 0.5) is 5.69 Å². The van der Waals surface area contributed by atoms with Gasteiger partial charge in [-0.05, 0) is 18.9 Å². The molecule has 0 atom stereocenters. The van der Waals surface area contributed by atoms with Crippen LogP contribution in [0, 0.1) is 0 Å². The summed E-state index contributed by atoms with van der Waals surface area (Å²) in [5, 5.41) is 1.04. The first kappa shape index (κ1) is 9.02. The van der Waals surface area contributed by atoms with Gasteiger partial charge in [0.15, 0.2) is 0 Å². The minimum atomic E-state index is 0.878. The van der Waals surface area contributed by atoms with Gasteiger partial charge in [-0.3, -0.25) is 9.98 Å². The lowest BCUT2D eigenvalue weighted by Gasteiger charge is -1.90. The summed E-state index contributed by atoms with van der Waals surface area (Å²) in [6.45, 7) is 3.56. The van der Waals surface area contributed by atoms with Gasteiger partial charge in [0.1, 0.15) is 4.83 Å². The van der Waals surface area contributed by atoms with Gasteiger partial charge in [-0.2, -0.15) is 0 Å². The zero-order chi connectivity index (χ0) is 9.97. The summed E-state index contributed by atoms with van der Waals surface area (Å²) < 4.78 is 0. The van der Waals surface area contributed by atoms with Gasteiger partial charge in [-0.25, -0.2) is 4.98 Å². The highest BCUT2D eigenvalue weighted by atomic mass is 32.1. The molecule has 0 saturated heterocycles. The molecular formula is C10H9N3S. The van der Waals surface area contributed by atoms with Crippen molar-refractivity contribution in [2.45, 2.75) is 0 Å². The van der Waals surface area contributed by atoms with E-state index >= 15 is 0 Å². The second-order valence-corrected chi connectivity index (χ2v) is 3.75. The average molecular weight is 203 g/mol. The third kappa shape index (κ3) is 1.33. The number of hydrogen-bond acceptors (Lipinski definition) is 4. The molecule has 70 valence electrons. The average Bonchev–Trinajstić information content (AvgIpc) is 2.55. The van der Waals surface area contributed by atoms with Gasteiger partial charge in [-0.15, -0.1) is 11.3 Å². The van der Waals surface area contributed by atoms with E-state index in [0.29, 0.717) is 0 Å². The van der Waals surface area contributed by atoms with Gasteiger partial charge in [0.25, 0.3) is 0 Å². The molecule has 2 aromatic heterocycles. The second kappa shape index (κ2) is 3.67. The maximum absolute atomic E-state index is 4.26. The van der Waals surface area contributed by atoms with Crippen molar-refractivity contribution < 1.29 is 0 Å². The molecule has 14 heavy (non-hydrogen) atoms. The highest BCUT2D eigenvalue weighted by Gasteiger charge is 2.08. The molecule has 0 unspecified atom stereocenters. The molecule has 0 aliphatic heterocycles. The minimum absolute atomic E-state index is 0.878. The van der Waals surface area contributed by atoms with E-state index in [1.807, 2.05) is 12.1 Å². The molecule has 2 aromatic rings. The largest absolute Gasteiger partial charge is 0.295 e. The van der Waals surface area contributed by atoms with E-state index < -0.39 is 0 Å². The van der Waals surface area contributed by atoms with Crippen molar-refractivity contribution in [3.05, 3.63) is 23.2 Å². The zero-order valence-corrected chi connectivity index (χ0v) is 8.58. The molecule has 0 aromatic carbocycles. The number of pyridine rings is 1. The molecule has 0 radical (unpaired) electrons. The number of aromatic nitrogens is 1. The van der Waals surface area contributed by atoms with Crippen LogP contribution in [-0.4, -0.2) is 25.0 Å². The number of fused-ring (bicyclic) bond motifs is 1. The molecule has 2 heterocycles. The van der Waals surface area contributed by atoms with Crippen LogP contribution in [-0.2, 0) is 0 Å². The number of hydrogen-bond donors (Lipinski definition) is 0. The van der Waals surface area contributed by atoms with Crippen molar-refractivity contribution in [1.29, 1.82) is 0 Å². The molecule has 0 N–H and O–H groups in total. The molecule has 0 saturated carbocycles. The molecule has 2 rings (SSSR count). The third-order valence-electron chi connectivity index (χ3n) is 1.87. The second-order valence-electron chi connectivity index (χ2n) is 2.72. The Balaban J connectivity index is 2.78. The highest BCUT2D eigenvalue weighted by Crippen LogP contribution is 2.34. The van der Waals surface area contributed by atoms with Gasteiger partial charge in [0.2, 0.25) is 0 Å². The standard InChI is InChI=1S/C10H9N3S/c1-11-6-8-9(12-2)7-4-3-5-13-10(7)14-8/h3-6H,2H2,1H3/b11-6-. The van der Waals surface area contributed by atoms with Gasteiger partial charge in [0.05, 0.1) is 10.6 Å². The molecule has 0 spiro atoms.